The molecule has 2 N–H and O–H groups in total. The monoisotopic (exact) mass is 300 g/mol. The molecule has 0 saturated carbocycles. The quantitative estimate of drug-likeness (QED) is 0.670. The van der Waals surface area contributed by atoms with Gasteiger partial charge in [-0.15, -0.1) is 0 Å². The fourth-order valence-electron chi connectivity index (χ4n) is 2.30. The summed E-state index contributed by atoms with van der Waals surface area (Å²) in [5, 5.41) is 19.2. The number of benzene rings is 2. The number of hydrogen-bond donors (Lipinski definition) is 2. The van der Waals surface area contributed by atoms with Gasteiger partial charge in [0.05, 0.1) is 7.11 Å². The Hall–Kier alpha value is -2.82. The first-order valence-electron chi connectivity index (χ1n) is 6.64. The molecule has 1 atom stereocenters. The van der Waals surface area contributed by atoms with Crippen LogP contribution < -0.4 is 0 Å². The molecule has 2 aromatic rings. The number of methoxy groups -OCH3 is 1. The van der Waals surface area contributed by atoms with E-state index in [0.717, 1.165) is 0 Å². The Kier molecular flexibility index (Phi) is 4.46. The smallest absolute Gasteiger partial charge is 0.317 e. The molecule has 1 unspecified atom stereocenters. The van der Waals surface area contributed by atoms with Gasteiger partial charge in [0.2, 0.25) is 0 Å². The van der Waals surface area contributed by atoms with Gasteiger partial charge in [-0.1, -0.05) is 18.2 Å². The highest BCUT2D eigenvalue weighted by molar-refractivity contribution is 5.94. The Bertz CT molecular complexity index is 700. The number of hydrogen-bond acceptors (Lipinski definition) is 5. The third kappa shape index (κ3) is 3.25. The van der Waals surface area contributed by atoms with Gasteiger partial charge in [0.1, 0.15) is 17.4 Å². The van der Waals surface area contributed by atoms with Crippen molar-refractivity contribution in [2.75, 3.05) is 7.11 Å². The Morgan fingerprint density at radius 1 is 1.00 bits per heavy atom. The molecule has 0 aliphatic carbocycles. The number of ketones is 1. The molecule has 0 heterocycles. The van der Waals surface area contributed by atoms with E-state index < -0.39 is 11.9 Å². The molecule has 114 valence electrons. The van der Waals surface area contributed by atoms with Gasteiger partial charge in [-0.2, -0.15) is 0 Å². The molecular formula is C17H16O5. The highest BCUT2D eigenvalue weighted by Crippen LogP contribution is 2.32. The van der Waals surface area contributed by atoms with Crippen molar-refractivity contribution < 1.29 is 24.5 Å². The SMILES string of the molecule is COC(=O)C(c1cc(O)cc(O)c1)c1cccc(C(C)=O)c1. The third-order valence-electron chi connectivity index (χ3n) is 3.32. The van der Waals surface area contributed by atoms with Crippen molar-refractivity contribution in [3.63, 3.8) is 0 Å². The fraction of sp³-hybridized carbons (Fsp3) is 0.176. The number of carbonyl (C=O) groups excluding carboxylic acids is 2. The number of Topliss-reactive ketones (excluding diaryl/α,β-unsaturated/α-hetero) is 1. The average Bonchev–Trinajstić information content (AvgIpc) is 2.46. The van der Waals surface area contributed by atoms with Crippen LogP contribution in [-0.2, 0) is 9.53 Å². The Balaban J connectivity index is 2.58. The first-order valence-corrected chi connectivity index (χ1v) is 6.64. The summed E-state index contributed by atoms with van der Waals surface area (Å²) in [6.45, 7) is 1.44. The van der Waals surface area contributed by atoms with Gasteiger partial charge in [0.15, 0.2) is 5.78 Å². The van der Waals surface area contributed by atoms with E-state index in [1.54, 1.807) is 24.3 Å². The summed E-state index contributed by atoms with van der Waals surface area (Å²) in [6.07, 6.45) is 0. The summed E-state index contributed by atoms with van der Waals surface area (Å²) < 4.78 is 4.81. The van der Waals surface area contributed by atoms with E-state index in [2.05, 4.69) is 0 Å². The van der Waals surface area contributed by atoms with E-state index in [1.807, 2.05) is 0 Å². The van der Waals surface area contributed by atoms with Crippen molar-refractivity contribution in [2.45, 2.75) is 12.8 Å². The molecule has 5 heteroatoms. The normalized spacial score (nSPS) is 11.7. The maximum Gasteiger partial charge on any atom is 0.317 e. The van der Waals surface area contributed by atoms with E-state index in [-0.39, 0.29) is 17.3 Å². The van der Waals surface area contributed by atoms with Crippen LogP contribution in [0.25, 0.3) is 0 Å². The maximum absolute atomic E-state index is 12.1. The lowest BCUT2D eigenvalue weighted by Crippen LogP contribution is -2.16. The van der Waals surface area contributed by atoms with Gasteiger partial charge >= 0.3 is 5.97 Å². The average molecular weight is 300 g/mol. The van der Waals surface area contributed by atoms with Crippen LogP contribution in [0.1, 0.15) is 34.3 Å². The number of phenolic OH excluding ortho intramolecular Hbond substituents is 2. The molecule has 0 spiro atoms. The summed E-state index contributed by atoms with van der Waals surface area (Å²) in [4.78, 5) is 23.7. The van der Waals surface area contributed by atoms with Crippen LogP contribution in [0.3, 0.4) is 0 Å². The predicted molar refractivity (Wildman–Crippen MR) is 80.1 cm³/mol. The van der Waals surface area contributed by atoms with Crippen molar-refractivity contribution in [3.05, 3.63) is 59.2 Å². The first-order chi connectivity index (χ1) is 10.4. The van der Waals surface area contributed by atoms with Crippen molar-refractivity contribution in [1.82, 2.24) is 0 Å². The second-order valence-electron chi connectivity index (χ2n) is 4.92. The molecule has 0 aliphatic heterocycles. The van der Waals surface area contributed by atoms with Gasteiger partial charge in [-0.25, -0.2) is 0 Å². The van der Waals surface area contributed by atoms with Crippen LogP contribution >= 0.6 is 0 Å². The number of phenols is 2. The van der Waals surface area contributed by atoms with E-state index >= 15 is 0 Å². The highest BCUT2D eigenvalue weighted by atomic mass is 16.5. The van der Waals surface area contributed by atoms with Crippen LogP contribution in [-0.4, -0.2) is 29.1 Å². The number of aromatic hydroxyl groups is 2. The van der Waals surface area contributed by atoms with Gasteiger partial charge in [0.25, 0.3) is 0 Å². The van der Waals surface area contributed by atoms with E-state index in [4.69, 9.17) is 4.74 Å². The lowest BCUT2D eigenvalue weighted by atomic mass is 9.89. The topological polar surface area (TPSA) is 83.8 Å². The van der Waals surface area contributed by atoms with E-state index in [1.165, 1.54) is 32.2 Å². The number of ether oxygens (including phenoxy) is 1. The first kappa shape index (κ1) is 15.6. The van der Waals surface area contributed by atoms with Crippen molar-refractivity contribution in [1.29, 1.82) is 0 Å². The number of carbonyl (C=O) groups is 2. The number of rotatable bonds is 4. The van der Waals surface area contributed by atoms with Gasteiger partial charge in [-0.05, 0) is 36.2 Å². The molecule has 5 nitrogen and oxygen atoms in total. The molecule has 2 aromatic carbocycles. The molecule has 2 rings (SSSR count). The molecule has 0 bridgehead atoms. The highest BCUT2D eigenvalue weighted by Gasteiger charge is 2.25. The van der Waals surface area contributed by atoms with E-state index in [0.29, 0.717) is 16.7 Å². The van der Waals surface area contributed by atoms with Crippen molar-refractivity contribution in [2.24, 2.45) is 0 Å². The second-order valence-corrected chi connectivity index (χ2v) is 4.92. The minimum atomic E-state index is -0.845. The minimum absolute atomic E-state index is 0.121. The van der Waals surface area contributed by atoms with Crippen molar-refractivity contribution >= 4 is 11.8 Å². The van der Waals surface area contributed by atoms with Crippen LogP contribution in [0.4, 0.5) is 0 Å². The summed E-state index contributed by atoms with van der Waals surface area (Å²) in [7, 11) is 1.26. The molecule has 0 saturated heterocycles. The summed E-state index contributed by atoms with van der Waals surface area (Å²) in [5.41, 5.74) is 1.39. The lowest BCUT2D eigenvalue weighted by Gasteiger charge is -2.17. The lowest BCUT2D eigenvalue weighted by molar-refractivity contribution is -0.141. The Morgan fingerprint density at radius 2 is 1.64 bits per heavy atom. The third-order valence-corrected chi connectivity index (χ3v) is 3.32. The maximum atomic E-state index is 12.1. The fourth-order valence-corrected chi connectivity index (χ4v) is 2.30. The molecular weight excluding hydrogens is 284 g/mol. The number of esters is 1. The molecule has 0 aromatic heterocycles. The standard InChI is InChI=1S/C17H16O5/c1-10(18)11-4-3-5-12(6-11)16(17(21)22-2)13-7-14(19)9-15(20)8-13/h3-9,16,19-20H,1-2H3. The van der Waals surface area contributed by atoms with Gasteiger partial charge in [0, 0.05) is 11.6 Å². The molecule has 22 heavy (non-hydrogen) atoms. The summed E-state index contributed by atoms with van der Waals surface area (Å²) >= 11 is 0. The second kappa shape index (κ2) is 6.30. The van der Waals surface area contributed by atoms with Gasteiger partial charge in [-0.3, -0.25) is 9.59 Å². The minimum Gasteiger partial charge on any atom is -0.508 e. The van der Waals surface area contributed by atoms with Crippen LogP contribution in [0.15, 0.2) is 42.5 Å². The largest absolute Gasteiger partial charge is 0.508 e. The molecule has 0 fully saturated rings. The summed E-state index contributed by atoms with van der Waals surface area (Å²) in [5.74, 6) is -1.84. The molecule has 0 amide bonds. The van der Waals surface area contributed by atoms with Crippen LogP contribution in [0.2, 0.25) is 0 Å². The zero-order valence-electron chi connectivity index (χ0n) is 12.2. The Labute approximate surface area is 127 Å². The predicted octanol–water partition coefficient (Wildman–Crippen LogP) is 2.61. The van der Waals surface area contributed by atoms with Crippen molar-refractivity contribution in [3.8, 4) is 11.5 Å². The van der Waals surface area contributed by atoms with E-state index in [9.17, 15) is 19.8 Å². The van der Waals surface area contributed by atoms with Gasteiger partial charge < -0.3 is 14.9 Å². The van der Waals surface area contributed by atoms with Crippen LogP contribution in [0.5, 0.6) is 11.5 Å². The molecule has 0 aliphatic rings. The van der Waals surface area contributed by atoms with Crippen LogP contribution in [0, 0.1) is 0 Å². The Morgan fingerprint density at radius 3 is 2.18 bits per heavy atom. The molecule has 0 radical (unpaired) electrons. The summed E-state index contributed by atoms with van der Waals surface area (Å²) in [6, 6.07) is 10.5. The zero-order chi connectivity index (χ0) is 16.3. The zero-order valence-corrected chi connectivity index (χ0v) is 12.2.